The maximum atomic E-state index is 10.9. The monoisotopic (exact) mass is 212 g/mol. The molecule has 0 atom stereocenters. The highest BCUT2D eigenvalue weighted by Gasteiger charge is 2.11. The van der Waals surface area contributed by atoms with Crippen molar-refractivity contribution in [3.05, 3.63) is 38.3 Å². The molecule has 0 aliphatic carbocycles. The summed E-state index contributed by atoms with van der Waals surface area (Å²) in [5, 5.41) is 10.4. The van der Waals surface area contributed by atoms with Crippen LogP contribution in [0.5, 0.6) is 0 Å². The van der Waals surface area contributed by atoms with E-state index in [1.54, 1.807) is 0 Å². The van der Waals surface area contributed by atoms with Crippen molar-refractivity contribution < 1.29 is 4.92 Å². The largest absolute Gasteiger partial charge is 0.335 e. The number of hydrogen-bond acceptors (Lipinski definition) is 3. The first-order valence-corrected chi connectivity index (χ1v) is 4.10. The molecule has 0 spiro atoms. The maximum absolute atomic E-state index is 10.9. The van der Waals surface area contributed by atoms with Gasteiger partial charge in [0.15, 0.2) is 0 Å². The zero-order valence-corrected chi connectivity index (χ0v) is 7.67. The molecule has 1 aromatic heterocycles. The molecule has 0 aromatic carbocycles. The quantitative estimate of drug-likeness (QED) is 0.325. The Hall–Kier alpha value is -1.80. The lowest BCUT2D eigenvalue weighted by Gasteiger charge is -1.90. The molecule has 0 fully saturated rings. The number of aromatic nitrogens is 1. The van der Waals surface area contributed by atoms with Crippen LogP contribution in [0, 0.1) is 22.0 Å². The highest BCUT2D eigenvalue weighted by atomic mass is 35.5. The molecule has 1 rings (SSSR count). The highest BCUT2D eigenvalue weighted by Crippen LogP contribution is 2.04. The van der Waals surface area contributed by atoms with Crippen LogP contribution in [0.25, 0.3) is 0 Å². The van der Waals surface area contributed by atoms with Crippen LogP contribution in [-0.2, 0) is 0 Å². The molecule has 0 saturated heterocycles. The maximum Gasteiger partial charge on any atom is 0.335 e. The summed E-state index contributed by atoms with van der Waals surface area (Å²) in [6, 6.07) is 1.11. The minimum Gasteiger partial charge on any atom is -0.322 e. The number of aromatic amines is 1. The summed E-state index contributed by atoms with van der Waals surface area (Å²) in [6.07, 6.45) is 1.30. The van der Waals surface area contributed by atoms with Gasteiger partial charge in [0.1, 0.15) is 0 Å². The first-order chi connectivity index (χ1) is 6.65. The van der Waals surface area contributed by atoms with Gasteiger partial charge in [-0.3, -0.25) is 14.9 Å². The van der Waals surface area contributed by atoms with E-state index in [2.05, 4.69) is 16.8 Å². The molecule has 0 radical (unpaired) electrons. The van der Waals surface area contributed by atoms with Gasteiger partial charge >= 0.3 is 11.2 Å². The molecule has 1 aromatic rings. The lowest BCUT2D eigenvalue weighted by molar-refractivity contribution is -0.386. The summed E-state index contributed by atoms with van der Waals surface area (Å²) < 4.78 is 0. The zero-order valence-electron chi connectivity index (χ0n) is 6.91. The molecule has 0 aliphatic heterocycles. The van der Waals surface area contributed by atoms with Gasteiger partial charge in [-0.25, -0.2) is 0 Å². The fraction of sp³-hybridized carbons (Fsp3) is 0.125. The van der Waals surface area contributed by atoms with E-state index < -0.39 is 16.2 Å². The van der Waals surface area contributed by atoms with E-state index in [-0.39, 0.29) is 5.88 Å². The van der Waals surface area contributed by atoms with Gasteiger partial charge in [0.2, 0.25) is 0 Å². The third kappa shape index (κ3) is 2.34. The third-order valence-corrected chi connectivity index (χ3v) is 1.51. The number of alkyl halides is 1. The number of nitro groups is 1. The van der Waals surface area contributed by atoms with Crippen LogP contribution in [0.4, 0.5) is 5.69 Å². The van der Waals surface area contributed by atoms with Gasteiger partial charge in [-0.15, -0.1) is 11.6 Å². The molecule has 1 N–H and O–H groups in total. The molecular formula is C8H5ClN2O3. The third-order valence-electron chi connectivity index (χ3n) is 1.38. The molecule has 0 saturated carbocycles. The van der Waals surface area contributed by atoms with Crippen molar-refractivity contribution in [2.45, 2.75) is 0 Å². The van der Waals surface area contributed by atoms with Crippen molar-refractivity contribution in [1.82, 2.24) is 4.98 Å². The first-order valence-electron chi connectivity index (χ1n) is 3.57. The van der Waals surface area contributed by atoms with Gasteiger partial charge in [-0.2, -0.15) is 0 Å². The number of rotatable bonds is 1. The van der Waals surface area contributed by atoms with Crippen molar-refractivity contribution in [3.63, 3.8) is 0 Å². The number of nitrogens with one attached hydrogen (secondary N) is 1. The summed E-state index contributed by atoms with van der Waals surface area (Å²) in [6.45, 7) is 0. The number of nitrogens with zero attached hydrogens (tertiary/aromatic N) is 1. The molecule has 0 aliphatic rings. The Morgan fingerprint density at radius 1 is 1.64 bits per heavy atom. The lowest BCUT2D eigenvalue weighted by atomic mass is 10.2. The van der Waals surface area contributed by atoms with Crippen LogP contribution < -0.4 is 5.56 Å². The number of halogens is 1. The van der Waals surface area contributed by atoms with Crippen LogP contribution in [-0.4, -0.2) is 15.8 Å². The Morgan fingerprint density at radius 3 is 2.93 bits per heavy atom. The Morgan fingerprint density at radius 2 is 2.36 bits per heavy atom. The second-order valence-electron chi connectivity index (χ2n) is 2.30. The average molecular weight is 213 g/mol. The molecule has 5 nitrogen and oxygen atoms in total. The van der Waals surface area contributed by atoms with Crippen LogP contribution >= 0.6 is 11.6 Å². The molecule has 0 bridgehead atoms. The van der Waals surface area contributed by atoms with Crippen molar-refractivity contribution >= 4 is 17.3 Å². The summed E-state index contributed by atoms with van der Waals surface area (Å²) >= 11 is 5.31. The molecule has 1 heterocycles. The van der Waals surface area contributed by atoms with Crippen LogP contribution in [0.3, 0.4) is 0 Å². The predicted molar refractivity (Wildman–Crippen MR) is 51.3 cm³/mol. The van der Waals surface area contributed by atoms with Crippen molar-refractivity contribution in [1.29, 1.82) is 0 Å². The van der Waals surface area contributed by atoms with E-state index in [0.717, 1.165) is 6.07 Å². The summed E-state index contributed by atoms with van der Waals surface area (Å²) in [5.74, 6) is 5.21. The molecule has 0 unspecified atom stereocenters. The smallest absolute Gasteiger partial charge is 0.322 e. The van der Waals surface area contributed by atoms with Crippen molar-refractivity contribution in [2.24, 2.45) is 0 Å². The van der Waals surface area contributed by atoms with E-state index in [4.69, 9.17) is 11.6 Å². The average Bonchev–Trinajstić information content (AvgIpc) is 2.16. The van der Waals surface area contributed by atoms with Crippen molar-refractivity contribution in [2.75, 3.05) is 5.88 Å². The second kappa shape index (κ2) is 4.44. The van der Waals surface area contributed by atoms with Gasteiger partial charge in [0.05, 0.1) is 10.8 Å². The summed E-state index contributed by atoms with van der Waals surface area (Å²) in [7, 11) is 0. The topological polar surface area (TPSA) is 76.0 Å². The molecule has 0 amide bonds. The van der Waals surface area contributed by atoms with E-state index in [1.807, 2.05) is 0 Å². The number of hydrogen-bond donors (Lipinski definition) is 1. The molecular weight excluding hydrogens is 208 g/mol. The van der Waals surface area contributed by atoms with Gasteiger partial charge in [-0.05, 0) is 0 Å². The minimum absolute atomic E-state index is 0.132. The van der Waals surface area contributed by atoms with Gasteiger partial charge < -0.3 is 4.98 Å². The van der Waals surface area contributed by atoms with Crippen molar-refractivity contribution in [3.8, 4) is 11.8 Å². The highest BCUT2D eigenvalue weighted by molar-refractivity contribution is 6.19. The SMILES string of the molecule is O=c1[nH]cc(C#CCCl)cc1[N+](=O)[O-]. The zero-order chi connectivity index (χ0) is 10.6. The van der Waals surface area contributed by atoms with Crippen LogP contribution in [0.15, 0.2) is 17.1 Å². The van der Waals surface area contributed by atoms with E-state index in [1.165, 1.54) is 6.20 Å². The summed E-state index contributed by atoms with van der Waals surface area (Å²) in [5.41, 5.74) is -0.908. The molecule has 6 heteroatoms. The van der Waals surface area contributed by atoms with E-state index >= 15 is 0 Å². The van der Waals surface area contributed by atoms with E-state index in [9.17, 15) is 14.9 Å². The van der Waals surface area contributed by atoms with Gasteiger partial charge in [-0.1, -0.05) is 11.8 Å². The fourth-order valence-corrected chi connectivity index (χ4v) is 0.882. The van der Waals surface area contributed by atoms with Crippen LogP contribution in [0.1, 0.15) is 5.56 Å². The van der Waals surface area contributed by atoms with Gasteiger partial charge in [0.25, 0.3) is 0 Å². The van der Waals surface area contributed by atoms with Gasteiger partial charge in [0, 0.05) is 17.8 Å². The normalized spacial score (nSPS) is 8.93. The minimum atomic E-state index is -0.759. The Balaban J connectivity index is 3.20. The first kappa shape index (κ1) is 10.3. The van der Waals surface area contributed by atoms with E-state index in [0.29, 0.717) is 5.56 Å². The number of H-pyrrole nitrogens is 1. The standard InChI is InChI=1S/C8H5ClN2O3/c9-3-1-2-6-4-7(11(13)14)8(12)10-5-6/h4-5H,3H2,(H,10,12). The Bertz CT molecular complexity index is 469. The predicted octanol–water partition coefficient (Wildman–Crippen LogP) is 0.873. The van der Waals surface area contributed by atoms with Crippen LogP contribution in [0.2, 0.25) is 0 Å². The second-order valence-corrected chi connectivity index (χ2v) is 2.56. The lowest BCUT2D eigenvalue weighted by Crippen LogP contribution is -2.10. The molecule has 72 valence electrons. The Labute approximate surface area is 83.9 Å². The fourth-order valence-electron chi connectivity index (χ4n) is 0.815. The Kier molecular flexibility index (Phi) is 3.26. The number of pyridine rings is 1. The molecule has 14 heavy (non-hydrogen) atoms. The summed E-state index contributed by atoms with van der Waals surface area (Å²) in [4.78, 5) is 22.7.